The van der Waals surface area contributed by atoms with Gasteiger partial charge in [-0.05, 0) is 47.2 Å². The fourth-order valence-electron chi connectivity index (χ4n) is 12.0. The van der Waals surface area contributed by atoms with Crippen LogP contribution < -0.4 is 0 Å². The number of hydrogen-bond donors (Lipinski definition) is 0. The SMILES string of the molecule is N#Cc1c(-n2c3ccccc3c3ccccc32)c(-n2c3ccccc3c3ccc4ccccc4c32)c(-n2c3ccccc3c3ccccc32)c(C#N)c1-n1c2ccccc2c2ccc3ccccc3c21. The molecule has 15 aromatic rings. The lowest BCUT2D eigenvalue weighted by Crippen LogP contribution is -2.17. The third-order valence-corrected chi connectivity index (χ3v) is 14.8. The van der Waals surface area contributed by atoms with Gasteiger partial charge in [0.1, 0.15) is 23.3 Å². The molecule has 0 atom stereocenters. The lowest BCUT2D eigenvalue weighted by Gasteiger charge is -2.27. The molecule has 11 aromatic carbocycles. The van der Waals surface area contributed by atoms with Crippen molar-refractivity contribution < 1.29 is 0 Å². The van der Waals surface area contributed by atoms with Gasteiger partial charge < -0.3 is 18.3 Å². The summed E-state index contributed by atoms with van der Waals surface area (Å²) in [5.74, 6) is 0. The van der Waals surface area contributed by atoms with Gasteiger partial charge in [-0.2, -0.15) is 10.5 Å². The Morgan fingerprint density at radius 1 is 0.229 bits per heavy atom. The van der Waals surface area contributed by atoms with Crippen molar-refractivity contribution in [1.82, 2.24) is 18.3 Å². The summed E-state index contributed by atoms with van der Waals surface area (Å²) >= 11 is 0. The van der Waals surface area contributed by atoms with Gasteiger partial charge in [0.05, 0.1) is 66.9 Å². The molecule has 0 saturated heterocycles. The molecule has 0 aliphatic carbocycles. The van der Waals surface area contributed by atoms with Crippen LogP contribution in [0.25, 0.3) is 132 Å². The maximum Gasteiger partial charge on any atom is 0.104 e. The molecule has 322 valence electrons. The number of nitriles is 2. The van der Waals surface area contributed by atoms with E-state index in [0.717, 1.165) is 114 Å². The summed E-state index contributed by atoms with van der Waals surface area (Å²) in [7, 11) is 0. The van der Waals surface area contributed by atoms with Crippen molar-refractivity contribution in [3.63, 3.8) is 0 Å². The van der Waals surface area contributed by atoms with Crippen molar-refractivity contribution in [2.24, 2.45) is 0 Å². The molecule has 4 aromatic heterocycles. The Morgan fingerprint density at radius 2 is 0.500 bits per heavy atom. The zero-order chi connectivity index (χ0) is 46.2. The van der Waals surface area contributed by atoms with Crippen molar-refractivity contribution in [2.45, 2.75) is 0 Å². The number of fused-ring (bicyclic) bond motifs is 16. The topological polar surface area (TPSA) is 67.3 Å². The predicted octanol–water partition coefficient (Wildman–Crippen LogP) is 16.1. The van der Waals surface area contributed by atoms with Crippen LogP contribution in [-0.4, -0.2) is 18.3 Å². The van der Waals surface area contributed by atoms with Gasteiger partial charge in [0.15, 0.2) is 0 Å². The summed E-state index contributed by atoms with van der Waals surface area (Å²) < 4.78 is 9.21. The second-order valence-electron chi connectivity index (χ2n) is 18.2. The van der Waals surface area contributed by atoms with Crippen LogP contribution in [0.4, 0.5) is 0 Å². The van der Waals surface area contributed by atoms with Crippen molar-refractivity contribution in [3.8, 4) is 34.9 Å². The molecule has 0 N–H and O–H groups in total. The Morgan fingerprint density at radius 3 is 0.843 bits per heavy atom. The highest BCUT2D eigenvalue weighted by molar-refractivity contribution is 6.22. The number of aromatic nitrogens is 4. The minimum atomic E-state index is 0.379. The monoisotopic (exact) mass is 888 g/mol. The van der Waals surface area contributed by atoms with E-state index in [1.165, 1.54) is 0 Å². The van der Waals surface area contributed by atoms with Gasteiger partial charge in [0, 0.05) is 53.9 Å². The van der Waals surface area contributed by atoms with Crippen LogP contribution >= 0.6 is 0 Å². The summed E-state index contributed by atoms with van der Waals surface area (Å²) in [6.07, 6.45) is 0. The Balaban J connectivity index is 1.32. The van der Waals surface area contributed by atoms with Crippen LogP contribution in [-0.2, 0) is 0 Å². The van der Waals surface area contributed by atoms with E-state index in [-0.39, 0.29) is 0 Å². The highest BCUT2D eigenvalue weighted by atomic mass is 15.1. The average molecular weight is 889 g/mol. The number of rotatable bonds is 4. The zero-order valence-corrected chi connectivity index (χ0v) is 37.5. The van der Waals surface area contributed by atoms with Crippen molar-refractivity contribution in [3.05, 3.63) is 230 Å². The van der Waals surface area contributed by atoms with Gasteiger partial charge in [0.25, 0.3) is 0 Å². The normalized spacial score (nSPS) is 12.0. The Bertz CT molecular complexity index is 4610. The molecule has 0 spiro atoms. The second-order valence-corrected chi connectivity index (χ2v) is 18.2. The first-order chi connectivity index (χ1) is 34.7. The van der Waals surface area contributed by atoms with E-state index < -0.39 is 0 Å². The summed E-state index contributed by atoms with van der Waals surface area (Å²) in [6, 6.07) is 82.5. The maximum atomic E-state index is 12.5. The van der Waals surface area contributed by atoms with E-state index in [9.17, 15) is 10.5 Å². The van der Waals surface area contributed by atoms with Crippen LogP contribution in [0.15, 0.2) is 218 Å². The standard InChI is InChI=1S/C64H36N6/c65-37-51-61(69-57-31-15-9-25-47(57)49-35-33-39-17-1-3-19-41(39)59(49)69)52(38-66)63(68-55-29-13-7-23-45(55)46-24-8-14-30-56(46)68)64(62(51)67-53-27-11-5-21-43(53)44-22-6-12-28-54(44)67)70-58-32-16-10-26-48(58)50-36-34-40-18-2-4-20-42(40)60(50)70/h1-36H. The van der Waals surface area contributed by atoms with E-state index >= 15 is 0 Å². The molecule has 0 aliphatic heterocycles. The van der Waals surface area contributed by atoms with Crippen LogP contribution in [0.1, 0.15) is 11.1 Å². The third-order valence-electron chi connectivity index (χ3n) is 14.8. The lowest BCUT2D eigenvalue weighted by molar-refractivity contribution is 1.02. The third kappa shape index (κ3) is 4.93. The Labute approximate surface area is 400 Å². The molecule has 0 radical (unpaired) electrons. The minimum Gasteiger partial charge on any atom is -0.306 e. The van der Waals surface area contributed by atoms with Gasteiger partial charge in [0.2, 0.25) is 0 Å². The molecule has 0 fully saturated rings. The molecular formula is C64H36N6. The molecule has 0 aliphatic rings. The van der Waals surface area contributed by atoms with E-state index in [4.69, 9.17) is 0 Å². The van der Waals surface area contributed by atoms with E-state index in [0.29, 0.717) is 28.2 Å². The first-order valence-electron chi connectivity index (χ1n) is 23.6. The Hall–Kier alpha value is -9.88. The summed E-state index contributed by atoms with van der Waals surface area (Å²) in [4.78, 5) is 0. The van der Waals surface area contributed by atoms with Crippen molar-refractivity contribution in [2.75, 3.05) is 0 Å². The van der Waals surface area contributed by atoms with Crippen LogP contribution in [0.2, 0.25) is 0 Å². The number of nitrogens with zero attached hydrogens (tertiary/aromatic N) is 6. The molecule has 4 heterocycles. The highest BCUT2D eigenvalue weighted by Crippen LogP contribution is 2.50. The first-order valence-corrected chi connectivity index (χ1v) is 23.6. The molecule has 0 unspecified atom stereocenters. The minimum absolute atomic E-state index is 0.379. The summed E-state index contributed by atoms with van der Waals surface area (Å²) in [6.45, 7) is 0. The molecule has 15 rings (SSSR count). The predicted molar refractivity (Wildman–Crippen MR) is 288 cm³/mol. The van der Waals surface area contributed by atoms with Crippen LogP contribution in [0.3, 0.4) is 0 Å². The largest absolute Gasteiger partial charge is 0.306 e. The molecule has 70 heavy (non-hydrogen) atoms. The van der Waals surface area contributed by atoms with Crippen LogP contribution in [0.5, 0.6) is 0 Å². The fourth-order valence-corrected chi connectivity index (χ4v) is 12.0. The van der Waals surface area contributed by atoms with Crippen molar-refractivity contribution in [1.29, 1.82) is 10.5 Å². The summed E-state index contributed by atoms with van der Waals surface area (Å²) in [5, 5.41) is 37.7. The second kappa shape index (κ2) is 14.3. The quantitative estimate of drug-likeness (QED) is 0.177. The van der Waals surface area contributed by atoms with Gasteiger partial charge in [-0.1, -0.05) is 182 Å². The number of benzene rings is 11. The Kier molecular flexibility index (Phi) is 7.82. The van der Waals surface area contributed by atoms with E-state index in [1.54, 1.807) is 0 Å². The smallest absolute Gasteiger partial charge is 0.104 e. The van der Waals surface area contributed by atoms with Gasteiger partial charge >= 0.3 is 0 Å². The van der Waals surface area contributed by atoms with Gasteiger partial charge in [-0.3, -0.25) is 0 Å². The van der Waals surface area contributed by atoms with Crippen molar-refractivity contribution >= 4 is 109 Å². The fraction of sp³-hybridized carbons (Fsp3) is 0. The maximum absolute atomic E-state index is 12.5. The van der Waals surface area contributed by atoms with Crippen LogP contribution in [0, 0.1) is 22.7 Å². The first kappa shape index (κ1) is 38.2. The molecule has 0 saturated carbocycles. The zero-order valence-electron chi connectivity index (χ0n) is 37.5. The molecular weight excluding hydrogens is 853 g/mol. The highest BCUT2D eigenvalue weighted by Gasteiger charge is 2.35. The number of hydrogen-bond acceptors (Lipinski definition) is 2. The average Bonchev–Trinajstić information content (AvgIpc) is 4.16. The lowest BCUT2D eigenvalue weighted by atomic mass is 9.98. The van der Waals surface area contributed by atoms with E-state index in [2.05, 4.69) is 249 Å². The van der Waals surface area contributed by atoms with Gasteiger partial charge in [-0.15, -0.1) is 0 Å². The van der Waals surface area contributed by atoms with E-state index in [1.807, 2.05) is 0 Å². The van der Waals surface area contributed by atoms with Gasteiger partial charge in [-0.25, -0.2) is 0 Å². The molecule has 0 bridgehead atoms. The molecule has 6 nitrogen and oxygen atoms in total. The number of para-hydroxylation sites is 6. The summed E-state index contributed by atoms with van der Waals surface area (Å²) in [5.41, 5.74) is 10.9. The molecule has 6 heteroatoms. The molecule has 0 amide bonds.